The molecule has 0 fully saturated rings. The van der Waals surface area contributed by atoms with Crippen LogP contribution in [0.25, 0.3) is 21.6 Å². The SMILES string of the molecule is O=C(Cc1csc(-c2cccnc2)n1)NCCCc1nc2ccccc2[nH]1. The van der Waals surface area contributed by atoms with E-state index in [0.717, 1.165) is 46.0 Å². The van der Waals surface area contributed by atoms with E-state index < -0.39 is 0 Å². The van der Waals surface area contributed by atoms with Crippen LogP contribution in [-0.4, -0.2) is 32.4 Å². The molecule has 0 atom stereocenters. The van der Waals surface area contributed by atoms with Gasteiger partial charge in [0.2, 0.25) is 5.91 Å². The first kappa shape index (κ1) is 17.4. The van der Waals surface area contributed by atoms with E-state index in [-0.39, 0.29) is 5.91 Å². The number of rotatable bonds is 7. The lowest BCUT2D eigenvalue weighted by Gasteiger charge is -2.03. The molecule has 1 aromatic carbocycles. The maximum Gasteiger partial charge on any atom is 0.226 e. The second-order valence-electron chi connectivity index (χ2n) is 6.22. The van der Waals surface area contributed by atoms with Gasteiger partial charge in [-0.2, -0.15) is 0 Å². The molecule has 0 unspecified atom stereocenters. The molecule has 0 radical (unpaired) electrons. The standard InChI is InChI=1S/C20H19N5OS/c26-19(11-15-13-27-20(23-15)14-5-3-9-21-12-14)22-10-4-8-18-24-16-6-1-2-7-17(16)25-18/h1-3,5-7,9,12-13H,4,8,10-11H2,(H,22,26)(H,24,25). The number of H-pyrrole nitrogens is 1. The summed E-state index contributed by atoms with van der Waals surface area (Å²) in [5.41, 5.74) is 3.78. The summed E-state index contributed by atoms with van der Waals surface area (Å²) in [5.74, 6) is 0.939. The molecule has 1 amide bonds. The fraction of sp³-hybridized carbons (Fsp3) is 0.200. The van der Waals surface area contributed by atoms with Crippen molar-refractivity contribution in [3.8, 4) is 10.6 Å². The average Bonchev–Trinajstić information content (AvgIpc) is 3.32. The Kier molecular flexibility index (Phi) is 5.20. The van der Waals surface area contributed by atoms with Crippen LogP contribution in [0, 0.1) is 0 Å². The monoisotopic (exact) mass is 377 g/mol. The van der Waals surface area contributed by atoms with Gasteiger partial charge >= 0.3 is 0 Å². The smallest absolute Gasteiger partial charge is 0.226 e. The van der Waals surface area contributed by atoms with Crippen molar-refractivity contribution in [1.29, 1.82) is 0 Å². The molecule has 4 rings (SSSR count). The van der Waals surface area contributed by atoms with Gasteiger partial charge in [0.15, 0.2) is 0 Å². The van der Waals surface area contributed by atoms with E-state index in [1.54, 1.807) is 12.4 Å². The highest BCUT2D eigenvalue weighted by Crippen LogP contribution is 2.22. The van der Waals surface area contributed by atoms with Crippen LogP contribution < -0.4 is 5.32 Å². The maximum atomic E-state index is 12.1. The number of fused-ring (bicyclic) bond motifs is 1. The number of imidazole rings is 1. The minimum absolute atomic E-state index is 0.0114. The zero-order chi connectivity index (χ0) is 18.5. The van der Waals surface area contributed by atoms with Crippen molar-refractivity contribution in [1.82, 2.24) is 25.3 Å². The predicted molar refractivity (Wildman–Crippen MR) is 106 cm³/mol. The predicted octanol–water partition coefficient (Wildman–Crippen LogP) is 3.37. The number of nitrogens with zero attached hydrogens (tertiary/aromatic N) is 3. The molecule has 27 heavy (non-hydrogen) atoms. The van der Waals surface area contributed by atoms with Crippen molar-refractivity contribution >= 4 is 28.3 Å². The highest BCUT2D eigenvalue weighted by molar-refractivity contribution is 7.13. The fourth-order valence-electron chi connectivity index (χ4n) is 2.84. The van der Waals surface area contributed by atoms with E-state index in [9.17, 15) is 4.79 Å². The average molecular weight is 377 g/mol. The van der Waals surface area contributed by atoms with E-state index in [0.29, 0.717) is 13.0 Å². The number of pyridine rings is 1. The van der Waals surface area contributed by atoms with Crippen LogP contribution in [0.2, 0.25) is 0 Å². The van der Waals surface area contributed by atoms with Gasteiger partial charge < -0.3 is 10.3 Å². The number of carbonyl (C=O) groups excluding carboxylic acids is 1. The summed E-state index contributed by atoms with van der Waals surface area (Å²) in [7, 11) is 0. The zero-order valence-electron chi connectivity index (χ0n) is 14.7. The summed E-state index contributed by atoms with van der Waals surface area (Å²) in [6.07, 6.45) is 5.44. The van der Waals surface area contributed by atoms with Gasteiger partial charge in [-0.05, 0) is 30.7 Å². The molecular weight excluding hydrogens is 358 g/mol. The first-order chi connectivity index (χ1) is 13.3. The second kappa shape index (κ2) is 8.09. The Balaban J connectivity index is 1.23. The van der Waals surface area contributed by atoms with Crippen LogP contribution >= 0.6 is 11.3 Å². The molecule has 136 valence electrons. The number of aromatic nitrogens is 4. The van der Waals surface area contributed by atoms with E-state index in [1.165, 1.54) is 11.3 Å². The molecule has 3 aromatic heterocycles. The zero-order valence-corrected chi connectivity index (χ0v) is 15.5. The van der Waals surface area contributed by atoms with Gasteiger partial charge in [-0.1, -0.05) is 12.1 Å². The van der Waals surface area contributed by atoms with Crippen LogP contribution in [0.5, 0.6) is 0 Å². The number of aromatic amines is 1. The molecule has 0 bridgehead atoms. The first-order valence-corrected chi connectivity index (χ1v) is 9.71. The molecule has 0 aliphatic rings. The van der Waals surface area contributed by atoms with E-state index in [2.05, 4.69) is 25.3 Å². The highest BCUT2D eigenvalue weighted by atomic mass is 32.1. The van der Waals surface area contributed by atoms with Crippen molar-refractivity contribution in [2.24, 2.45) is 0 Å². The third kappa shape index (κ3) is 4.38. The first-order valence-electron chi connectivity index (χ1n) is 8.83. The van der Waals surface area contributed by atoms with E-state index in [1.807, 2.05) is 41.8 Å². The Morgan fingerprint density at radius 1 is 1.15 bits per heavy atom. The Morgan fingerprint density at radius 3 is 2.93 bits per heavy atom. The molecule has 0 aliphatic carbocycles. The molecule has 4 aromatic rings. The molecule has 2 N–H and O–H groups in total. The number of thiazole rings is 1. The van der Waals surface area contributed by atoms with Gasteiger partial charge in [-0.15, -0.1) is 11.3 Å². The molecular formula is C20H19N5OS. The van der Waals surface area contributed by atoms with Gasteiger partial charge in [0.25, 0.3) is 0 Å². The summed E-state index contributed by atoms with van der Waals surface area (Å²) < 4.78 is 0. The minimum atomic E-state index is -0.0114. The fourth-order valence-corrected chi connectivity index (χ4v) is 3.66. The van der Waals surface area contributed by atoms with Crippen molar-refractivity contribution in [2.45, 2.75) is 19.3 Å². The molecule has 0 spiro atoms. The Bertz CT molecular complexity index is 1010. The second-order valence-corrected chi connectivity index (χ2v) is 7.07. The lowest BCUT2D eigenvalue weighted by Crippen LogP contribution is -2.26. The third-order valence-corrected chi connectivity index (χ3v) is 5.09. The van der Waals surface area contributed by atoms with Crippen LogP contribution in [0.15, 0.2) is 54.2 Å². The number of nitrogens with one attached hydrogen (secondary N) is 2. The topological polar surface area (TPSA) is 83.6 Å². The molecule has 7 heteroatoms. The largest absolute Gasteiger partial charge is 0.356 e. The summed E-state index contributed by atoms with van der Waals surface area (Å²) >= 11 is 1.53. The summed E-state index contributed by atoms with van der Waals surface area (Å²) in [6, 6.07) is 11.8. The highest BCUT2D eigenvalue weighted by Gasteiger charge is 2.09. The maximum absolute atomic E-state index is 12.1. The molecule has 6 nitrogen and oxygen atoms in total. The van der Waals surface area contributed by atoms with Gasteiger partial charge in [-0.3, -0.25) is 9.78 Å². The van der Waals surface area contributed by atoms with Gasteiger partial charge in [-0.25, -0.2) is 9.97 Å². The lowest BCUT2D eigenvalue weighted by molar-refractivity contribution is -0.120. The summed E-state index contributed by atoms with van der Waals surface area (Å²) in [4.78, 5) is 28.6. The van der Waals surface area contributed by atoms with Crippen LogP contribution in [0.1, 0.15) is 17.9 Å². The normalized spacial score (nSPS) is 11.0. The van der Waals surface area contributed by atoms with Crippen molar-refractivity contribution < 1.29 is 4.79 Å². The van der Waals surface area contributed by atoms with Crippen LogP contribution in [0.4, 0.5) is 0 Å². The Morgan fingerprint density at radius 2 is 2.07 bits per heavy atom. The van der Waals surface area contributed by atoms with Gasteiger partial charge in [0.05, 0.1) is 23.1 Å². The molecule has 0 saturated heterocycles. The van der Waals surface area contributed by atoms with E-state index >= 15 is 0 Å². The molecule has 0 saturated carbocycles. The minimum Gasteiger partial charge on any atom is -0.356 e. The summed E-state index contributed by atoms with van der Waals surface area (Å²) in [6.45, 7) is 0.621. The third-order valence-electron chi connectivity index (χ3n) is 4.15. The number of carbonyl (C=O) groups is 1. The van der Waals surface area contributed by atoms with Crippen LogP contribution in [0.3, 0.4) is 0 Å². The van der Waals surface area contributed by atoms with Crippen molar-refractivity contribution in [2.75, 3.05) is 6.54 Å². The van der Waals surface area contributed by atoms with Gasteiger partial charge in [0, 0.05) is 36.3 Å². The Labute approximate surface area is 160 Å². The lowest BCUT2D eigenvalue weighted by atomic mass is 10.2. The Hall–Kier alpha value is -3.06. The van der Waals surface area contributed by atoms with E-state index in [4.69, 9.17) is 0 Å². The van der Waals surface area contributed by atoms with Crippen molar-refractivity contribution in [3.63, 3.8) is 0 Å². The number of aryl methyl sites for hydroxylation is 1. The molecule has 3 heterocycles. The molecule has 0 aliphatic heterocycles. The quantitative estimate of drug-likeness (QED) is 0.484. The number of benzene rings is 1. The number of para-hydroxylation sites is 2. The van der Waals surface area contributed by atoms with Crippen molar-refractivity contribution in [3.05, 3.63) is 65.7 Å². The number of hydrogen-bond acceptors (Lipinski definition) is 5. The summed E-state index contributed by atoms with van der Waals surface area (Å²) in [5, 5.41) is 5.77. The number of hydrogen-bond donors (Lipinski definition) is 2. The van der Waals surface area contributed by atoms with Gasteiger partial charge in [0.1, 0.15) is 10.8 Å². The van der Waals surface area contributed by atoms with Crippen LogP contribution in [-0.2, 0) is 17.6 Å². The number of amides is 1.